The number of nitrogens with zero attached hydrogens (tertiary/aromatic N) is 1. The van der Waals surface area contributed by atoms with Crippen molar-refractivity contribution in [1.82, 2.24) is 0 Å². The SMILES string of the molecule is CCCC/C(I)=C1\[Se]C(=NC2CCCCC2)c2ccccc21. The Morgan fingerprint density at radius 3 is 2.64 bits per heavy atom. The fourth-order valence-electron chi connectivity index (χ4n) is 3.19. The molecule has 1 heterocycles. The molecule has 1 aromatic carbocycles. The molecule has 0 unspecified atom stereocenters. The summed E-state index contributed by atoms with van der Waals surface area (Å²) in [6, 6.07) is 9.54. The van der Waals surface area contributed by atoms with E-state index in [2.05, 4.69) is 53.8 Å². The van der Waals surface area contributed by atoms with E-state index in [0.29, 0.717) is 21.0 Å². The van der Waals surface area contributed by atoms with Gasteiger partial charge in [-0.2, -0.15) is 0 Å². The molecule has 1 aliphatic heterocycles. The molecule has 1 saturated carbocycles. The van der Waals surface area contributed by atoms with E-state index in [1.54, 1.807) is 8.05 Å². The molecule has 22 heavy (non-hydrogen) atoms. The summed E-state index contributed by atoms with van der Waals surface area (Å²) in [5.74, 6) is 0. The Morgan fingerprint density at radius 2 is 1.91 bits per heavy atom. The van der Waals surface area contributed by atoms with Crippen molar-refractivity contribution >= 4 is 46.6 Å². The molecule has 1 aliphatic carbocycles. The van der Waals surface area contributed by atoms with Gasteiger partial charge in [0.05, 0.1) is 0 Å². The standard InChI is InChI=1S/C19H24INSe/c1-2-3-13-17(20)18-15-11-7-8-12-16(15)19(22-18)21-14-9-5-4-6-10-14/h7-8,11-12,14H,2-6,9-10,13H2,1H3/b18-17+,21-19?. The molecule has 0 amide bonds. The second-order valence-corrected chi connectivity index (χ2v) is 9.61. The maximum absolute atomic E-state index is 5.20. The number of hydrogen-bond donors (Lipinski definition) is 0. The van der Waals surface area contributed by atoms with Crippen molar-refractivity contribution in [1.29, 1.82) is 0 Å². The average Bonchev–Trinajstić information content (AvgIpc) is 2.93. The van der Waals surface area contributed by atoms with Gasteiger partial charge in [-0.3, -0.25) is 0 Å². The Kier molecular flexibility index (Phi) is 6.17. The van der Waals surface area contributed by atoms with Crippen LogP contribution in [0.1, 0.15) is 69.4 Å². The molecule has 3 heteroatoms. The average molecular weight is 472 g/mol. The molecule has 0 N–H and O–H groups in total. The molecule has 118 valence electrons. The molecule has 1 aromatic rings. The third kappa shape index (κ3) is 3.85. The Labute approximate surface area is 154 Å². The first-order valence-corrected chi connectivity index (χ1v) is 11.3. The summed E-state index contributed by atoms with van der Waals surface area (Å²) in [4.78, 5) is 5.20. The molecule has 0 radical (unpaired) electrons. The molecular formula is C19H24INSe. The second-order valence-electron chi connectivity index (χ2n) is 6.21. The van der Waals surface area contributed by atoms with Crippen molar-refractivity contribution in [2.45, 2.75) is 64.3 Å². The van der Waals surface area contributed by atoms with Gasteiger partial charge in [0.15, 0.2) is 0 Å². The number of halogens is 1. The van der Waals surface area contributed by atoms with Crippen molar-refractivity contribution in [3.63, 3.8) is 0 Å². The third-order valence-corrected chi connectivity index (χ3v) is 8.87. The van der Waals surface area contributed by atoms with Crippen molar-refractivity contribution in [3.8, 4) is 0 Å². The van der Waals surface area contributed by atoms with Gasteiger partial charge in [-0.25, -0.2) is 0 Å². The monoisotopic (exact) mass is 473 g/mol. The third-order valence-electron chi connectivity index (χ3n) is 4.47. The Hall–Kier alpha value is -0.121. The van der Waals surface area contributed by atoms with Crippen LogP contribution in [-0.4, -0.2) is 25.6 Å². The first kappa shape index (κ1) is 16.7. The summed E-state index contributed by atoms with van der Waals surface area (Å²) in [5, 5.41) is 0. The Balaban J connectivity index is 1.90. The van der Waals surface area contributed by atoms with Crippen molar-refractivity contribution in [3.05, 3.63) is 39.0 Å². The van der Waals surface area contributed by atoms with E-state index >= 15 is 0 Å². The number of aliphatic imine (C=N–C) groups is 1. The number of hydrogen-bond acceptors (Lipinski definition) is 1. The molecule has 3 rings (SSSR count). The van der Waals surface area contributed by atoms with Crippen LogP contribution in [-0.2, 0) is 0 Å². The van der Waals surface area contributed by atoms with E-state index in [1.807, 2.05) is 0 Å². The van der Waals surface area contributed by atoms with E-state index in [1.165, 1.54) is 67.1 Å². The first-order chi connectivity index (χ1) is 10.8. The Bertz CT molecular complexity index is 585. The number of allylic oxidation sites excluding steroid dienone is 1. The van der Waals surface area contributed by atoms with Crippen LogP contribution < -0.4 is 0 Å². The van der Waals surface area contributed by atoms with Crippen molar-refractivity contribution in [2.24, 2.45) is 4.99 Å². The quantitative estimate of drug-likeness (QED) is 0.390. The Morgan fingerprint density at radius 1 is 1.18 bits per heavy atom. The van der Waals surface area contributed by atoms with Crippen LogP contribution in [0.5, 0.6) is 0 Å². The second kappa shape index (κ2) is 8.12. The summed E-state index contributed by atoms with van der Waals surface area (Å²) >= 11 is 2.99. The predicted octanol–water partition coefficient (Wildman–Crippen LogP) is 5.78. The normalized spacial score (nSPS) is 22.9. The molecule has 0 aromatic heterocycles. The van der Waals surface area contributed by atoms with Crippen molar-refractivity contribution in [2.75, 3.05) is 0 Å². The zero-order valence-corrected chi connectivity index (χ0v) is 17.1. The summed E-state index contributed by atoms with van der Waals surface area (Å²) in [6.45, 7) is 2.28. The summed E-state index contributed by atoms with van der Waals surface area (Å²) in [7, 11) is 0. The van der Waals surface area contributed by atoms with Crippen LogP contribution in [0.25, 0.3) is 4.47 Å². The summed E-state index contributed by atoms with van der Waals surface area (Å²) in [6.07, 6.45) is 10.6. The van der Waals surface area contributed by atoms with E-state index in [0.717, 1.165) is 0 Å². The minimum atomic E-state index is 0.408. The van der Waals surface area contributed by atoms with Crippen LogP contribution in [0.2, 0.25) is 0 Å². The van der Waals surface area contributed by atoms with Crippen molar-refractivity contribution < 1.29 is 0 Å². The molecule has 0 atom stereocenters. The predicted molar refractivity (Wildman–Crippen MR) is 106 cm³/mol. The van der Waals surface area contributed by atoms with Gasteiger partial charge in [-0.1, -0.05) is 0 Å². The van der Waals surface area contributed by atoms with E-state index in [9.17, 15) is 0 Å². The zero-order chi connectivity index (χ0) is 15.4. The number of benzene rings is 1. The molecule has 0 bridgehead atoms. The molecule has 0 saturated heterocycles. The van der Waals surface area contributed by atoms with Gasteiger partial charge in [0.25, 0.3) is 0 Å². The van der Waals surface area contributed by atoms with Gasteiger partial charge >= 0.3 is 155 Å². The minimum absolute atomic E-state index is 0.408. The van der Waals surface area contributed by atoms with Gasteiger partial charge in [-0.15, -0.1) is 0 Å². The molecular weight excluding hydrogens is 448 g/mol. The van der Waals surface area contributed by atoms with Gasteiger partial charge in [0.1, 0.15) is 0 Å². The maximum atomic E-state index is 5.20. The van der Waals surface area contributed by atoms with E-state index < -0.39 is 0 Å². The summed E-state index contributed by atoms with van der Waals surface area (Å²) < 4.78 is 4.59. The topological polar surface area (TPSA) is 12.4 Å². The van der Waals surface area contributed by atoms with Crippen LogP contribution in [0.4, 0.5) is 0 Å². The van der Waals surface area contributed by atoms with Crippen LogP contribution in [0.3, 0.4) is 0 Å². The zero-order valence-electron chi connectivity index (χ0n) is 13.3. The number of fused-ring (bicyclic) bond motifs is 1. The van der Waals surface area contributed by atoms with Gasteiger partial charge in [0, 0.05) is 0 Å². The number of unbranched alkanes of at least 4 members (excludes halogenated alkanes) is 1. The van der Waals surface area contributed by atoms with Crippen LogP contribution >= 0.6 is 22.6 Å². The molecule has 1 nitrogen and oxygen atoms in total. The molecule has 0 spiro atoms. The van der Waals surface area contributed by atoms with E-state index in [-0.39, 0.29) is 0 Å². The van der Waals surface area contributed by atoms with Crippen LogP contribution in [0, 0.1) is 0 Å². The van der Waals surface area contributed by atoms with Gasteiger partial charge < -0.3 is 0 Å². The first-order valence-electron chi connectivity index (χ1n) is 8.53. The molecule has 2 aliphatic rings. The molecule has 1 fully saturated rings. The fourth-order valence-corrected chi connectivity index (χ4v) is 6.92. The fraction of sp³-hybridized carbons (Fsp3) is 0.526. The van der Waals surface area contributed by atoms with Gasteiger partial charge in [-0.05, 0) is 0 Å². The van der Waals surface area contributed by atoms with Crippen LogP contribution in [0.15, 0.2) is 32.8 Å². The van der Waals surface area contributed by atoms with Gasteiger partial charge in [0.2, 0.25) is 0 Å². The summed E-state index contributed by atoms with van der Waals surface area (Å²) in [5.41, 5.74) is 2.89. The number of rotatable bonds is 4. The van der Waals surface area contributed by atoms with E-state index in [4.69, 9.17) is 4.99 Å².